The number of aryl methyl sites for hydroxylation is 6. The quantitative estimate of drug-likeness (QED) is 0.100. The first-order chi connectivity index (χ1) is 22.2. The molecule has 2 aliphatic heterocycles. The van der Waals surface area contributed by atoms with Crippen LogP contribution in [-0.2, 0) is 8.47 Å². The fourth-order valence-corrected chi connectivity index (χ4v) is 11.2. The van der Waals surface area contributed by atoms with Gasteiger partial charge in [0.1, 0.15) is 0 Å². The van der Waals surface area contributed by atoms with Gasteiger partial charge in [-0.1, -0.05) is 35.4 Å². The average Bonchev–Trinajstić information content (AvgIpc) is 3.36. The fourth-order valence-electron chi connectivity index (χ4n) is 7.58. The van der Waals surface area contributed by atoms with Gasteiger partial charge >= 0.3 is 113 Å². The number of hydrogen-bond donors (Lipinski definition) is 0. The van der Waals surface area contributed by atoms with Gasteiger partial charge in [-0.2, -0.15) is 6.67 Å². The van der Waals surface area contributed by atoms with Gasteiger partial charge in [-0.15, -0.1) is 0 Å². The fraction of sp³-hybridized carbons (Fsp3) is 0.500. The number of para-hydroxylation sites is 1. The Balaban J connectivity index is 0.000000351. The van der Waals surface area contributed by atoms with Crippen LogP contribution in [0.1, 0.15) is 79.0 Å². The molecule has 0 saturated carbocycles. The van der Waals surface area contributed by atoms with E-state index in [0.717, 1.165) is 18.2 Å². The molecule has 3 aromatic carbocycles. The Labute approximate surface area is 325 Å². The van der Waals surface area contributed by atoms with Crippen molar-refractivity contribution in [3.8, 4) is 5.75 Å². The maximum atomic E-state index is 5.73. The molecule has 0 spiro atoms. The molecule has 0 N–H and O–H groups in total. The molecule has 0 aromatic heterocycles. The topological polar surface area (TPSA) is 15.7 Å². The van der Waals surface area contributed by atoms with E-state index >= 15 is 0 Å². The molecule has 4 nitrogen and oxygen atoms in total. The van der Waals surface area contributed by atoms with E-state index in [-0.39, 0.29) is 18.5 Å². The maximum Gasteiger partial charge on any atom is 0.0787 e. The summed E-state index contributed by atoms with van der Waals surface area (Å²) in [7, 11) is 1.67. The summed E-state index contributed by atoms with van der Waals surface area (Å²) in [6, 6.07) is 18.1. The number of benzene rings is 3. The zero-order valence-corrected chi connectivity index (χ0v) is 37.5. The van der Waals surface area contributed by atoms with E-state index in [1.807, 2.05) is 12.1 Å². The Morgan fingerprint density at radius 1 is 0.896 bits per heavy atom. The van der Waals surface area contributed by atoms with Gasteiger partial charge in [0, 0.05) is 24.0 Å². The summed E-state index contributed by atoms with van der Waals surface area (Å²) >= 11 is 5.03. The molecule has 2 heterocycles. The van der Waals surface area contributed by atoms with E-state index in [1.165, 1.54) is 93.7 Å². The molecule has 268 valence electrons. The van der Waals surface area contributed by atoms with E-state index in [9.17, 15) is 0 Å². The number of likely N-dealkylation sites (tertiary alicyclic amines) is 1. The summed E-state index contributed by atoms with van der Waals surface area (Å²) in [5.74, 6) is 1.84. The predicted molar refractivity (Wildman–Crippen MR) is 218 cm³/mol. The standard InChI is InChI=1S/C30H45N3.C10H12O.ClH.2HI.Ru/c1-9-33(8)12-10-27(11-13-33)18-28-19-31(29-23(4)14-21(2)15-24(29)5)20-32(28)30-25(6)16-22(3)17-26(30)7;1-8(2)11-10-7-5-4-6-9(10)3;;;;/h14-17,20,27-28H,9-13,18-19H2,1-8H3;3-8H,1-2H3;3*1H;/q;;;;;+2/p-3. The van der Waals surface area contributed by atoms with Crippen LogP contribution >= 0.6 is 39.5 Å². The molecule has 2 fully saturated rings. The van der Waals surface area contributed by atoms with Crippen molar-refractivity contribution in [3.63, 3.8) is 0 Å². The van der Waals surface area contributed by atoms with Crippen molar-refractivity contribution in [2.45, 2.75) is 93.7 Å². The Morgan fingerprint density at radius 2 is 1.42 bits per heavy atom. The summed E-state index contributed by atoms with van der Waals surface area (Å²) in [4.78, 5) is 5.17. The summed E-state index contributed by atoms with van der Waals surface area (Å²) in [5, 5.41) is 0. The normalized spacial score (nSPS) is 21.0. The predicted octanol–water partition coefficient (Wildman–Crippen LogP) is 7.56. The molecule has 5 rings (SSSR count). The second-order valence-corrected chi connectivity index (χ2v) is 34.3. The number of rotatable bonds is 8. The summed E-state index contributed by atoms with van der Waals surface area (Å²) in [6.45, 7) is 27.4. The zero-order chi connectivity index (χ0) is 34.5. The van der Waals surface area contributed by atoms with Crippen LogP contribution in [0.4, 0.5) is 11.4 Å². The molecule has 8 heteroatoms. The van der Waals surface area contributed by atoms with Crippen LogP contribution in [0, 0.1) is 54.1 Å². The summed E-state index contributed by atoms with van der Waals surface area (Å²) in [5.41, 5.74) is 12.3. The van der Waals surface area contributed by atoms with Crippen LogP contribution in [0.15, 0.2) is 48.5 Å². The summed E-state index contributed by atoms with van der Waals surface area (Å²) in [6.07, 6.45) is 4.26. The smallest absolute Gasteiger partial charge is 0.0787 e. The van der Waals surface area contributed by atoms with Crippen molar-refractivity contribution < 1.29 is 30.1 Å². The molecule has 3 aromatic rings. The Bertz CT molecular complexity index is 1500. The van der Waals surface area contributed by atoms with Gasteiger partial charge in [0.2, 0.25) is 0 Å². The molecule has 48 heavy (non-hydrogen) atoms. The van der Waals surface area contributed by atoms with Crippen LogP contribution in [0.2, 0.25) is 0 Å². The van der Waals surface area contributed by atoms with Crippen molar-refractivity contribution in [2.75, 3.05) is 43.0 Å². The first kappa shape index (κ1) is 41.7. The van der Waals surface area contributed by atoms with Crippen LogP contribution in [0.3, 0.4) is 0 Å². The SMILES string of the molecule is CC(C)Oc1ccccc1[CH]=[Ru]([I])[I].CC[N+]1(C)CCC(CC2CN(c3c(C)cc(C)cc3C)[CH-]N2c2c(C)cc(C)cc2C)CC1.[Cl-]. The Morgan fingerprint density at radius 3 is 1.92 bits per heavy atom. The minimum Gasteiger partial charge on any atom is -1.00 e. The Kier molecular flexibility index (Phi) is 16.2. The zero-order valence-electron chi connectivity index (χ0n) is 30.7. The van der Waals surface area contributed by atoms with Crippen LogP contribution in [-0.4, -0.2) is 54.5 Å². The van der Waals surface area contributed by atoms with Crippen molar-refractivity contribution in [3.05, 3.63) is 94.1 Å². The van der Waals surface area contributed by atoms with E-state index in [4.69, 9.17) is 4.74 Å². The minimum absolute atomic E-state index is 0. The molecular formula is C40H57ClI2N3ORu-. The minimum atomic E-state index is -0.775. The molecule has 0 amide bonds. The van der Waals surface area contributed by atoms with Gasteiger partial charge in [-0.05, 0) is 95.9 Å². The monoisotopic (exact) mass is 986 g/mol. The van der Waals surface area contributed by atoms with E-state index in [2.05, 4.69) is 166 Å². The van der Waals surface area contributed by atoms with Gasteiger partial charge in [-0.3, -0.25) is 0 Å². The Hall–Kier alpha value is -0.737. The van der Waals surface area contributed by atoms with Crippen molar-refractivity contribution in [1.29, 1.82) is 0 Å². The van der Waals surface area contributed by atoms with Gasteiger partial charge in [-0.25, -0.2) is 0 Å². The average molecular weight is 986 g/mol. The van der Waals surface area contributed by atoms with Crippen LogP contribution in [0.5, 0.6) is 5.75 Å². The molecule has 2 aliphatic rings. The van der Waals surface area contributed by atoms with Crippen molar-refractivity contribution in [1.82, 2.24) is 0 Å². The van der Waals surface area contributed by atoms with Crippen LogP contribution in [0.25, 0.3) is 0 Å². The number of ether oxygens (including phenoxy) is 1. The van der Waals surface area contributed by atoms with E-state index in [0.29, 0.717) is 6.04 Å². The second-order valence-electron chi connectivity index (χ2n) is 14.4. The number of hydrogen-bond acceptors (Lipinski definition) is 3. The summed E-state index contributed by atoms with van der Waals surface area (Å²) < 4.78 is 9.32. The van der Waals surface area contributed by atoms with Crippen molar-refractivity contribution >= 4 is 55.5 Å². The third-order valence-corrected chi connectivity index (χ3v) is 13.4. The molecule has 0 bridgehead atoms. The third kappa shape index (κ3) is 11.1. The largest absolute Gasteiger partial charge is 1.00 e. The van der Waals surface area contributed by atoms with E-state index in [1.54, 1.807) is 0 Å². The number of piperidine rings is 1. The molecule has 0 radical (unpaired) electrons. The van der Waals surface area contributed by atoms with Crippen molar-refractivity contribution in [2.24, 2.45) is 5.92 Å². The third-order valence-electron chi connectivity index (χ3n) is 9.87. The molecule has 2 saturated heterocycles. The van der Waals surface area contributed by atoms with Gasteiger partial charge in [0.15, 0.2) is 0 Å². The first-order valence-electron chi connectivity index (χ1n) is 17.2. The number of nitrogens with zero attached hydrogens (tertiary/aromatic N) is 3. The number of halogens is 3. The number of anilines is 2. The van der Waals surface area contributed by atoms with E-state index < -0.39 is 8.47 Å². The van der Waals surface area contributed by atoms with Gasteiger partial charge in [0.25, 0.3) is 0 Å². The van der Waals surface area contributed by atoms with Gasteiger partial charge in [0.05, 0.1) is 26.7 Å². The first-order valence-corrected chi connectivity index (χ1v) is 28.5. The van der Waals surface area contributed by atoms with Crippen LogP contribution < -0.4 is 26.9 Å². The maximum absolute atomic E-state index is 5.73. The second kappa shape index (κ2) is 18.7. The number of quaternary nitrogens is 1. The molecule has 0 aliphatic carbocycles. The molecular weight excluding hydrogens is 929 g/mol. The van der Waals surface area contributed by atoms with Gasteiger partial charge < -0.3 is 26.7 Å². The molecule has 1 atom stereocenters. The molecule has 1 unspecified atom stereocenters.